The summed E-state index contributed by atoms with van der Waals surface area (Å²) in [5.41, 5.74) is 0.542. The van der Waals surface area contributed by atoms with Gasteiger partial charge in [0.15, 0.2) is 0 Å². The highest BCUT2D eigenvalue weighted by atomic mass is 31.2. The van der Waals surface area contributed by atoms with E-state index in [-0.39, 0.29) is 1.43 Å². The quantitative estimate of drug-likeness (QED) is 0.0612. The van der Waals surface area contributed by atoms with Crippen molar-refractivity contribution in [1.29, 1.82) is 0 Å². The number of hydrogen-bond acceptors (Lipinski definition) is 3. The fourth-order valence-electron chi connectivity index (χ4n) is 6.39. The van der Waals surface area contributed by atoms with Gasteiger partial charge in [-0.3, -0.25) is 0 Å². The van der Waals surface area contributed by atoms with E-state index in [1.54, 1.807) is 80.7 Å². The summed E-state index contributed by atoms with van der Waals surface area (Å²) < 4.78 is 10.3. The lowest BCUT2D eigenvalue weighted by atomic mass is 10.1. The molecule has 0 bridgehead atoms. The molecule has 0 saturated heterocycles. The van der Waals surface area contributed by atoms with E-state index in [1.165, 1.54) is 128 Å². The second-order valence-electron chi connectivity index (χ2n) is 13.6. The van der Waals surface area contributed by atoms with Crippen molar-refractivity contribution in [3.8, 4) is 0 Å². The van der Waals surface area contributed by atoms with Gasteiger partial charge < -0.3 is 14.4 Å². The van der Waals surface area contributed by atoms with E-state index in [1.807, 2.05) is 0 Å². The molecule has 0 aliphatic carbocycles. The van der Waals surface area contributed by atoms with Crippen LogP contribution in [0.3, 0.4) is 0 Å². The van der Waals surface area contributed by atoms with Crippen LogP contribution in [-0.2, 0) is 10.7 Å². The van der Waals surface area contributed by atoms with Crippen LogP contribution < -0.4 is 9.79 Å². The molecule has 0 heterocycles. The molecule has 0 amide bonds. The molecule has 0 N–H and O–H groups in total. The van der Waals surface area contributed by atoms with Gasteiger partial charge in [0.25, 0.3) is 0 Å². The summed E-state index contributed by atoms with van der Waals surface area (Å²) in [6, 6.07) is 8.39. The summed E-state index contributed by atoms with van der Waals surface area (Å²) in [6.07, 6.45) is 41.7. The Morgan fingerprint density at radius 1 is 0.477 bits per heavy atom. The van der Waals surface area contributed by atoms with Crippen LogP contribution in [0.5, 0.6) is 0 Å². The predicted molar refractivity (Wildman–Crippen MR) is 199 cm³/mol. The third kappa shape index (κ3) is 29.2. The molecular formula is C39H76O3P2. The first-order chi connectivity index (χ1) is 21.3. The van der Waals surface area contributed by atoms with Crippen molar-refractivity contribution >= 4 is 14.9 Å². The second-order valence-corrected chi connectivity index (χ2v) is 19.6. The van der Waals surface area contributed by atoms with Gasteiger partial charge in [0.1, 0.15) is 0 Å². The van der Waals surface area contributed by atoms with E-state index in [0.29, 0.717) is 5.56 Å². The minimum absolute atomic E-state index is 0. The highest BCUT2D eigenvalue weighted by molar-refractivity contribution is 7.75. The van der Waals surface area contributed by atoms with Crippen LogP contribution in [0.2, 0.25) is 0 Å². The van der Waals surface area contributed by atoms with Gasteiger partial charge in [0.2, 0.25) is 0 Å². The van der Waals surface area contributed by atoms with Crippen molar-refractivity contribution in [2.45, 2.75) is 188 Å². The van der Waals surface area contributed by atoms with Crippen LogP contribution in [0.1, 0.15) is 189 Å². The largest absolute Gasteiger partial charge is 1.00 e. The SMILES string of the molecule is CCCCCCCC[P+](CCCCCCCC)(CCCCCCCC)CCCCCCCC.O=P([O-])([O-])Cc1ccccc1.[H+]. The molecule has 0 spiro atoms. The molecule has 260 valence electrons. The molecule has 0 aromatic heterocycles. The normalized spacial score (nSPS) is 11.9. The third-order valence-electron chi connectivity index (χ3n) is 9.16. The Balaban J connectivity index is 0. The van der Waals surface area contributed by atoms with Crippen LogP contribution in [0.4, 0.5) is 0 Å². The monoisotopic (exact) mass is 655 g/mol. The Morgan fingerprint density at radius 2 is 0.750 bits per heavy atom. The zero-order chi connectivity index (χ0) is 32.6. The van der Waals surface area contributed by atoms with E-state index >= 15 is 0 Å². The first kappa shape index (κ1) is 43.8. The zero-order valence-electron chi connectivity index (χ0n) is 31.0. The lowest BCUT2D eigenvalue weighted by Crippen LogP contribution is -2.15. The van der Waals surface area contributed by atoms with Gasteiger partial charge in [-0.2, -0.15) is 0 Å². The molecule has 1 rings (SSSR count). The molecule has 0 aliphatic heterocycles. The van der Waals surface area contributed by atoms with Crippen molar-refractivity contribution in [3.63, 3.8) is 0 Å². The summed E-state index contributed by atoms with van der Waals surface area (Å²) in [5.74, 6) is 0. The van der Waals surface area contributed by atoms with Gasteiger partial charge in [0, 0.05) is 13.4 Å². The average Bonchev–Trinajstić information content (AvgIpc) is 3.00. The summed E-state index contributed by atoms with van der Waals surface area (Å²) >= 11 is 0. The molecule has 1 aromatic carbocycles. The molecular weight excluding hydrogens is 578 g/mol. The van der Waals surface area contributed by atoms with Crippen LogP contribution in [0, 0.1) is 0 Å². The Morgan fingerprint density at radius 3 is 1.02 bits per heavy atom. The summed E-state index contributed by atoms with van der Waals surface area (Å²) in [6.45, 7) is 9.38. The fraction of sp³-hybridized carbons (Fsp3) is 0.846. The molecule has 1 aromatic rings. The second kappa shape index (κ2) is 31.4. The minimum Gasteiger partial charge on any atom is -0.810 e. The summed E-state index contributed by atoms with van der Waals surface area (Å²) in [5, 5.41) is 0. The van der Waals surface area contributed by atoms with Crippen molar-refractivity contribution in [1.82, 2.24) is 0 Å². The lowest BCUT2D eigenvalue weighted by Gasteiger charge is -2.29. The standard InChI is InChI=1S/C32H68P.C7H9O3P/c1-5-9-13-17-21-25-29-33(30-26-22-18-14-10-6-2,31-27-23-19-15-11-7-3)32-28-24-20-16-12-8-4;8-11(9,10)6-7-4-2-1-3-5-7/h5-32H2,1-4H3;1-5H,6H2,(H2,8,9,10)/q+1;/p-1. The van der Waals surface area contributed by atoms with Crippen LogP contribution in [0.25, 0.3) is 0 Å². The Labute approximate surface area is 278 Å². The first-order valence-electron chi connectivity index (χ1n) is 19.2. The van der Waals surface area contributed by atoms with E-state index in [2.05, 4.69) is 27.7 Å². The minimum atomic E-state index is -4.39. The summed E-state index contributed by atoms with van der Waals surface area (Å²) in [7, 11) is -5.11. The maximum absolute atomic E-state index is 10.3. The molecule has 3 nitrogen and oxygen atoms in total. The van der Waals surface area contributed by atoms with Crippen LogP contribution in [-0.4, -0.2) is 24.6 Å². The zero-order valence-corrected chi connectivity index (χ0v) is 31.8. The van der Waals surface area contributed by atoms with E-state index in [0.717, 1.165) is 0 Å². The molecule has 0 aliphatic rings. The molecule has 0 unspecified atom stereocenters. The highest BCUT2D eigenvalue weighted by Gasteiger charge is 2.34. The van der Waals surface area contributed by atoms with E-state index in [4.69, 9.17) is 0 Å². The Bertz CT molecular complexity index is 686. The van der Waals surface area contributed by atoms with Crippen LogP contribution >= 0.6 is 14.9 Å². The topological polar surface area (TPSA) is 63.2 Å². The molecule has 44 heavy (non-hydrogen) atoms. The highest BCUT2D eigenvalue weighted by Crippen LogP contribution is 2.61. The lowest BCUT2D eigenvalue weighted by molar-refractivity contribution is -0.314. The molecule has 0 fully saturated rings. The molecule has 0 atom stereocenters. The Hall–Kier alpha value is -0.200. The van der Waals surface area contributed by atoms with E-state index in [9.17, 15) is 14.4 Å². The van der Waals surface area contributed by atoms with Crippen molar-refractivity contribution in [3.05, 3.63) is 35.9 Å². The van der Waals surface area contributed by atoms with Gasteiger partial charge in [-0.1, -0.05) is 168 Å². The van der Waals surface area contributed by atoms with Crippen molar-refractivity contribution < 1.29 is 15.8 Å². The maximum atomic E-state index is 10.3. The fourth-order valence-corrected chi connectivity index (χ4v) is 12.0. The molecule has 0 saturated carbocycles. The Kier molecular flexibility index (Phi) is 31.3. The van der Waals surface area contributed by atoms with Gasteiger partial charge >= 0.3 is 1.43 Å². The predicted octanol–water partition coefficient (Wildman–Crippen LogP) is 12.7. The van der Waals surface area contributed by atoms with Gasteiger partial charge in [0.05, 0.1) is 24.6 Å². The summed E-state index contributed by atoms with van der Waals surface area (Å²) in [4.78, 5) is 20.5. The van der Waals surface area contributed by atoms with Crippen LogP contribution in [0.15, 0.2) is 30.3 Å². The van der Waals surface area contributed by atoms with Gasteiger partial charge in [-0.25, -0.2) is 0 Å². The number of benzene rings is 1. The number of hydrogen-bond donors (Lipinski definition) is 0. The van der Waals surface area contributed by atoms with Gasteiger partial charge in [-0.05, 0) is 56.9 Å². The first-order valence-corrected chi connectivity index (χ1v) is 23.5. The number of rotatable bonds is 30. The average molecular weight is 655 g/mol. The van der Waals surface area contributed by atoms with Crippen molar-refractivity contribution in [2.24, 2.45) is 0 Å². The molecule has 0 radical (unpaired) electrons. The van der Waals surface area contributed by atoms with Crippen molar-refractivity contribution in [2.75, 3.05) is 24.6 Å². The molecule has 5 heteroatoms. The smallest absolute Gasteiger partial charge is 0.810 e. The van der Waals surface area contributed by atoms with Gasteiger partial charge in [-0.15, -0.1) is 0 Å². The van der Waals surface area contributed by atoms with E-state index < -0.39 is 21.0 Å². The maximum Gasteiger partial charge on any atom is 1.00 e. The third-order valence-corrected chi connectivity index (χ3v) is 15.0. The number of unbranched alkanes of at least 4 members (excludes halogenated alkanes) is 20.